The SMILES string of the molecule is O=C(NC1CCCCC1)C1CCN(Cc2ccnc(Br)c2)CC1. The number of hydrogen-bond donors (Lipinski definition) is 1. The Bertz CT molecular complexity index is 523. The van der Waals surface area contributed by atoms with Crippen molar-refractivity contribution >= 4 is 21.8 Å². The van der Waals surface area contributed by atoms with Gasteiger partial charge in [0.15, 0.2) is 0 Å². The number of amides is 1. The number of piperidine rings is 1. The normalized spacial score (nSPS) is 21.3. The van der Waals surface area contributed by atoms with Crippen molar-refractivity contribution in [2.24, 2.45) is 5.92 Å². The third kappa shape index (κ3) is 5.01. The Kier molecular flexibility index (Phi) is 6.06. The second-order valence-corrected chi connectivity index (χ2v) is 7.69. The molecule has 1 aromatic heterocycles. The maximum Gasteiger partial charge on any atom is 0.223 e. The second-order valence-electron chi connectivity index (χ2n) is 6.88. The molecule has 4 nitrogen and oxygen atoms in total. The molecule has 3 rings (SSSR count). The molecule has 2 fully saturated rings. The summed E-state index contributed by atoms with van der Waals surface area (Å²) in [6.45, 7) is 2.95. The van der Waals surface area contributed by atoms with Gasteiger partial charge in [-0.15, -0.1) is 0 Å². The van der Waals surface area contributed by atoms with Crippen LogP contribution in [0.3, 0.4) is 0 Å². The molecule has 1 saturated carbocycles. The monoisotopic (exact) mass is 379 g/mol. The molecule has 2 heterocycles. The van der Waals surface area contributed by atoms with E-state index in [0.29, 0.717) is 11.9 Å². The summed E-state index contributed by atoms with van der Waals surface area (Å²) in [4.78, 5) is 19.0. The predicted octanol–water partition coefficient (Wildman–Crippen LogP) is 3.51. The summed E-state index contributed by atoms with van der Waals surface area (Å²) in [6, 6.07) is 4.57. The molecule has 1 aliphatic carbocycles. The van der Waals surface area contributed by atoms with Gasteiger partial charge < -0.3 is 5.32 Å². The Balaban J connectivity index is 1.43. The van der Waals surface area contributed by atoms with Crippen molar-refractivity contribution in [2.75, 3.05) is 13.1 Å². The zero-order chi connectivity index (χ0) is 16.1. The van der Waals surface area contributed by atoms with Crippen LogP contribution in [0.25, 0.3) is 0 Å². The molecule has 1 aliphatic heterocycles. The average molecular weight is 380 g/mol. The minimum absolute atomic E-state index is 0.206. The molecule has 5 heteroatoms. The molecule has 1 aromatic rings. The zero-order valence-corrected chi connectivity index (χ0v) is 15.2. The Hall–Kier alpha value is -0.940. The molecular weight excluding hydrogens is 354 g/mol. The van der Waals surface area contributed by atoms with Crippen LogP contribution in [-0.2, 0) is 11.3 Å². The van der Waals surface area contributed by atoms with Gasteiger partial charge in [-0.05, 0) is 72.4 Å². The molecular formula is C18H26BrN3O. The molecule has 126 valence electrons. The Morgan fingerprint density at radius 1 is 1.22 bits per heavy atom. The van der Waals surface area contributed by atoms with E-state index in [1.165, 1.54) is 37.7 Å². The third-order valence-corrected chi connectivity index (χ3v) is 5.54. The molecule has 0 aromatic carbocycles. The highest BCUT2D eigenvalue weighted by molar-refractivity contribution is 9.10. The largest absolute Gasteiger partial charge is 0.353 e. The molecule has 0 unspecified atom stereocenters. The minimum atomic E-state index is 0.206. The Morgan fingerprint density at radius 3 is 2.65 bits per heavy atom. The van der Waals surface area contributed by atoms with E-state index >= 15 is 0 Å². The van der Waals surface area contributed by atoms with Gasteiger partial charge in [0.1, 0.15) is 4.60 Å². The quantitative estimate of drug-likeness (QED) is 0.814. The van der Waals surface area contributed by atoms with E-state index in [2.05, 4.69) is 43.3 Å². The van der Waals surface area contributed by atoms with E-state index in [0.717, 1.165) is 37.1 Å². The van der Waals surface area contributed by atoms with Crippen LogP contribution in [0.2, 0.25) is 0 Å². The summed E-state index contributed by atoms with van der Waals surface area (Å²) < 4.78 is 0.886. The fraction of sp³-hybridized carbons (Fsp3) is 0.667. The highest BCUT2D eigenvalue weighted by atomic mass is 79.9. The van der Waals surface area contributed by atoms with Crippen molar-refractivity contribution in [3.63, 3.8) is 0 Å². The maximum atomic E-state index is 12.4. The van der Waals surface area contributed by atoms with Crippen molar-refractivity contribution in [2.45, 2.75) is 57.5 Å². The van der Waals surface area contributed by atoms with Crippen LogP contribution in [0, 0.1) is 5.92 Å². The van der Waals surface area contributed by atoms with Crippen molar-refractivity contribution in [1.29, 1.82) is 0 Å². The van der Waals surface area contributed by atoms with Gasteiger partial charge >= 0.3 is 0 Å². The topological polar surface area (TPSA) is 45.2 Å². The van der Waals surface area contributed by atoms with Crippen molar-refractivity contribution in [1.82, 2.24) is 15.2 Å². The maximum absolute atomic E-state index is 12.4. The summed E-state index contributed by atoms with van der Waals surface area (Å²) in [5.41, 5.74) is 1.27. The van der Waals surface area contributed by atoms with Crippen molar-refractivity contribution in [3.05, 3.63) is 28.5 Å². The number of aromatic nitrogens is 1. The molecule has 1 N–H and O–H groups in total. The van der Waals surface area contributed by atoms with Gasteiger partial charge in [-0.3, -0.25) is 9.69 Å². The van der Waals surface area contributed by atoms with E-state index in [1.807, 2.05) is 6.20 Å². The molecule has 0 spiro atoms. The van der Waals surface area contributed by atoms with E-state index in [-0.39, 0.29) is 5.92 Å². The van der Waals surface area contributed by atoms with Crippen LogP contribution in [0.1, 0.15) is 50.5 Å². The number of rotatable bonds is 4. The minimum Gasteiger partial charge on any atom is -0.353 e. The lowest BCUT2D eigenvalue weighted by atomic mass is 9.92. The van der Waals surface area contributed by atoms with E-state index in [9.17, 15) is 4.79 Å². The number of pyridine rings is 1. The second kappa shape index (κ2) is 8.25. The summed E-state index contributed by atoms with van der Waals surface area (Å²) in [7, 11) is 0. The number of nitrogens with zero attached hydrogens (tertiary/aromatic N) is 2. The first kappa shape index (κ1) is 16.9. The first-order chi connectivity index (χ1) is 11.2. The third-order valence-electron chi connectivity index (χ3n) is 5.11. The molecule has 2 aliphatic rings. The first-order valence-electron chi connectivity index (χ1n) is 8.84. The molecule has 0 bridgehead atoms. The zero-order valence-electron chi connectivity index (χ0n) is 13.6. The van der Waals surface area contributed by atoms with Gasteiger partial charge in [0.2, 0.25) is 5.91 Å². The lowest BCUT2D eigenvalue weighted by Crippen LogP contribution is -2.44. The summed E-state index contributed by atoms with van der Waals surface area (Å²) in [6.07, 6.45) is 9.99. The Morgan fingerprint density at radius 2 is 1.96 bits per heavy atom. The molecule has 23 heavy (non-hydrogen) atoms. The van der Waals surface area contributed by atoms with Crippen LogP contribution in [0.5, 0.6) is 0 Å². The van der Waals surface area contributed by atoms with Gasteiger partial charge in [-0.25, -0.2) is 4.98 Å². The lowest BCUT2D eigenvalue weighted by Gasteiger charge is -2.32. The van der Waals surface area contributed by atoms with Crippen LogP contribution in [0.15, 0.2) is 22.9 Å². The van der Waals surface area contributed by atoms with Crippen molar-refractivity contribution in [3.8, 4) is 0 Å². The van der Waals surface area contributed by atoms with Crippen LogP contribution in [-0.4, -0.2) is 34.9 Å². The highest BCUT2D eigenvalue weighted by Gasteiger charge is 2.26. The van der Waals surface area contributed by atoms with E-state index < -0.39 is 0 Å². The number of halogens is 1. The average Bonchev–Trinajstić information content (AvgIpc) is 2.56. The fourth-order valence-electron chi connectivity index (χ4n) is 3.72. The first-order valence-corrected chi connectivity index (χ1v) is 9.63. The number of likely N-dealkylation sites (tertiary alicyclic amines) is 1. The number of hydrogen-bond acceptors (Lipinski definition) is 3. The molecule has 0 radical (unpaired) electrons. The summed E-state index contributed by atoms with van der Waals surface area (Å²) >= 11 is 3.42. The summed E-state index contributed by atoms with van der Waals surface area (Å²) in [5, 5.41) is 3.29. The Labute approximate surface area is 147 Å². The number of nitrogens with one attached hydrogen (secondary N) is 1. The molecule has 1 amide bonds. The van der Waals surface area contributed by atoms with Crippen LogP contribution in [0.4, 0.5) is 0 Å². The van der Waals surface area contributed by atoms with Crippen molar-refractivity contribution < 1.29 is 4.79 Å². The van der Waals surface area contributed by atoms with Gasteiger partial charge in [-0.1, -0.05) is 19.3 Å². The number of carbonyl (C=O) groups is 1. The summed E-state index contributed by atoms with van der Waals surface area (Å²) in [5.74, 6) is 0.501. The molecule has 1 saturated heterocycles. The number of carbonyl (C=O) groups excluding carboxylic acids is 1. The standard InChI is InChI=1S/C18H26BrN3O/c19-17-12-14(6-9-20-17)13-22-10-7-15(8-11-22)18(23)21-16-4-2-1-3-5-16/h6,9,12,15-16H,1-5,7-8,10-11,13H2,(H,21,23). The van der Waals surface area contributed by atoms with Crippen LogP contribution >= 0.6 is 15.9 Å². The van der Waals surface area contributed by atoms with Gasteiger partial charge in [0.05, 0.1) is 0 Å². The lowest BCUT2D eigenvalue weighted by molar-refractivity contribution is -0.127. The van der Waals surface area contributed by atoms with E-state index in [1.54, 1.807) is 0 Å². The predicted molar refractivity (Wildman–Crippen MR) is 95.0 cm³/mol. The highest BCUT2D eigenvalue weighted by Crippen LogP contribution is 2.22. The molecule has 0 atom stereocenters. The van der Waals surface area contributed by atoms with Gasteiger partial charge in [0.25, 0.3) is 0 Å². The fourth-order valence-corrected chi connectivity index (χ4v) is 4.13. The van der Waals surface area contributed by atoms with E-state index in [4.69, 9.17) is 0 Å². The smallest absolute Gasteiger partial charge is 0.223 e. The van der Waals surface area contributed by atoms with Gasteiger partial charge in [-0.2, -0.15) is 0 Å². The van der Waals surface area contributed by atoms with Gasteiger partial charge in [0, 0.05) is 24.7 Å². The van der Waals surface area contributed by atoms with Crippen LogP contribution < -0.4 is 5.32 Å².